The maximum absolute atomic E-state index is 5.66. The summed E-state index contributed by atoms with van der Waals surface area (Å²) < 4.78 is 4.89. The van der Waals surface area contributed by atoms with Crippen LogP contribution in [-0.2, 0) is 12.8 Å². The van der Waals surface area contributed by atoms with Gasteiger partial charge in [-0.05, 0) is 24.1 Å². The molecular weight excluding hydrogens is 178 g/mol. The van der Waals surface area contributed by atoms with Gasteiger partial charge in [-0.15, -0.1) is 0 Å². The number of benzene rings is 1. The van der Waals surface area contributed by atoms with Crippen molar-refractivity contribution in [3.05, 3.63) is 42.0 Å². The van der Waals surface area contributed by atoms with E-state index in [0.717, 1.165) is 18.5 Å². The number of anilines is 1. The van der Waals surface area contributed by atoms with E-state index in [0.29, 0.717) is 5.89 Å². The molecule has 1 aromatic heterocycles. The first-order chi connectivity index (χ1) is 6.84. The van der Waals surface area contributed by atoms with Gasteiger partial charge in [-0.2, -0.15) is 4.98 Å². The average molecular weight is 189 g/mol. The summed E-state index contributed by atoms with van der Waals surface area (Å²) in [6, 6.07) is 7.80. The van der Waals surface area contributed by atoms with Crippen LogP contribution < -0.4 is 5.73 Å². The third-order valence-corrected chi connectivity index (χ3v) is 1.99. The molecule has 0 spiro atoms. The van der Waals surface area contributed by atoms with Gasteiger partial charge in [0.25, 0.3) is 0 Å². The molecule has 0 fully saturated rings. The van der Waals surface area contributed by atoms with Crippen molar-refractivity contribution in [1.29, 1.82) is 0 Å². The second kappa shape index (κ2) is 3.91. The average Bonchev–Trinajstić information content (AvgIpc) is 2.67. The summed E-state index contributed by atoms with van der Waals surface area (Å²) in [5.41, 5.74) is 7.62. The van der Waals surface area contributed by atoms with Gasteiger partial charge in [-0.25, -0.2) is 0 Å². The number of aromatic nitrogens is 2. The lowest BCUT2D eigenvalue weighted by atomic mass is 10.1. The van der Waals surface area contributed by atoms with Crippen molar-refractivity contribution in [2.45, 2.75) is 12.8 Å². The number of aryl methyl sites for hydroxylation is 2. The van der Waals surface area contributed by atoms with E-state index < -0.39 is 0 Å². The third kappa shape index (κ3) is 2.10. The zero-order valence-electron chi connectivity index (χ0n) is 7.68. The van der Waals surface area contributed by atoms with Crippen molar-refractivity contribution < 1.29 is 4.52 Å². The molecule has 4 nitrogen and oxygen atoms in total. The highest BCUT2D eigenvalue weighted by Gasteiger charge is 2.00. The molecule has 2 N–H and O–H groups in total. The van der Waals surface area contributed by atoms with Gasteiger partial charge in [0.1, 0.15) is 0 Å². The molecule has 0 radical (unpaired) electrons. The molecule has 2 aromatic rings. The van der Waals surface area contributed by atoms with Gasteiger partial charge in [0.2, 0.25) is 5.89 Å². The van der Waals surface area contributed by atoms with Gasteiger partial charge in [0.15, 0.2) is 6.33 Å². The highest BCUT2D eigenvalue weighted by atomic mass is 16.5. The van der Waals surface area contributed by atoms with E-state index in [1.54, 1.807) is 0 Å². The van der Waals surface area contributed by atoms with E-state index in [9.17, 15) is 0 Å². The van der Waals surface area contributed by atoms with Gasteiger partial charge in [-0.3, -0.25) is 0 Å². The summed E-state index contributed by atoms with van der Waals surface area (Å²) in [5, 5.41) is 3.54. The predicted octanol–water partition coefficient (Wildman–Crippen LogP) is 1.44. The maximum Gasteiger partial charge on any atom is 0.226 e. The van der Waals surface area contributed by atoms with Crippen LogP contribution in [0.5, 0.6) is 0 Å². The number of nitrogens with zero attached hydrogens (tertiary/aromatic N) is 2. The fourth-order valence-electron chi connectivity index (χ4n) is 1.31. The van der Waals surface area contributed by atoms with Gasteiger partial charge < -0.3 is 10.3 Å². The molecule has 14 heavy (non-hydrogen) atoms. The quantitative estimate of drug-likeness (QED) is 0.742. The summed E-state index contributed by atoms with van der Waals surface area (Å²) in [7, 11) is 0. The second-order valence-electron chi connectivity index (χ2n) is 3.08. The van der Waals surface area contributed by atoms with Gasteiger partial charge in [-0.1, -0.05) is 17.3 Å². The van der Waals surface area contributed by atoms with Gasteiger partial charge in [0, 0.05) is 12.1 Å². The predicted molar refractivity (Wildman–Crippen MR) is 52.6 cm³/mol. The molecule has 0 aliphatic carbocycles. The Hall–Kier alpha value is -1.84. The summed E-state index contributed by atoms with van der Waals surface area (Å²) in [6.45, 7) is 0. The fraction of sp³-hybridized carbons (Fsp3) is 0.200. The number of hydrogen-bond acceptors (Lipinski definition) is 4. The molecule has 0 amide bonds. The third-order valence-electron chi connectivity index (χ3n) is 1.99. The largest absolute Gasteiger partial charge is 0.399 e. The van der Waals surface area contributed by atoms with Crippen molar-refractivity contribution in [2.24, 2.45) is 0 Å². The van der Waals surface area contributed by atoms with Crippen molar-refractivity contribution >= 4 is 5.69 Å². The highest BCUT2D eigenvalue weighted by molar-refractivity contribution is 5.40. The summed E-state index contributed by atoms with van der Waals surface area (Å²) >= 11 is 0. The Labute approximate surface area is 81.7 Å². The minimum atomic E-state index is 0.660. The molecule has 0 saturated carbocycles. The second-order valence-corrected chi connectivity index (χ2v) is 3.08. The van der Waals surface area contributed by atoms with E-state index in [2.05, 4.69) is 10.1 Å². The summed E-state index contributed by atoms with van der Waals surface area (Å²) in [5.74, 6) is 0.660. The zero-order chi connectivity index (χ0) is 9.80. The SMILES string of the molecule is Nc1cccc(CCc2ncno2)c1. The molecule has 1 heterocycles. The van der Waals surface area contributed by atoms with Crippen LogP contribution in [0.25, 0.3) is 0 Å². The van der Waals surface area contributed by atoms with Crippen LogP contribution in [0.3, 0.4) is 0 Å². The van der Waals surface area contributed by atoms with E-state index in [-0.39, 0.29) is 0 Å². The first kappa shape index (κ1) is 8.74. The molecule has 1 aromatic carbocycles. The van der Waals surface area contributed by atoms with Crippen LogP contribution in [-0.4, -0.2) is 10.1 Å². The number of nitrogen functional groups attached to an aromatic ring is 1. The maximum atomic E-state index is 5.66. The van der Waals surface area contributed by atoms with Crippen LogP contribution in [0.1, 0.15) is 11.5 Å². The van der Waals surface area contributed by atoms with E-state index in [1.807, 2.05) is 24.3 Å². The van der Waals surface area contributed by atoms with Crippen LogP contribution in [0.4, 0.5) is 5.69 Å². The molecule has 0 aliphatic rings. The number of nitrogens with two attached hydrogens (primary N) is 1. The standard InChI is InChI=1S/C10H11N3O/c11-9-3-1-2-8(6-9)4-5-10-12-7-13-14-10/h1-3,6-7H,4-5,11H2. The minimum Gasteiger partial charge on any atom is -0.399 e. The molecule has 0 atom stereocenters. The van der Waals surface area contributed by atoms with Crippen LogP contribution in [0, 0.1) is 0 Å². The first-order valence-corrected chi connectivity index (χ1v) is 4.44. The molecule has 2 rings (SSSR count). The van der Waals surface area contributed by atoms with Crippen molar-refractivity contribution in [2.75, 3.05) is 5.73 Å². The zero-order valence-corrected chi connectivity index (χ0v) is 7.68. The van der Waals surface area contributed by atoms with Crippen LogP contribution in [0.2, 0.25) is 0 Å². The van der Waals surface area contributed by atoms with Gasteiger partial charge in [0.05, 0.1) is 0 Å². The molecule has 0 unspecified atom stereocenters. The summed E-state index contributed by atoms with van der Waals surface area (Å²) in [6.07, 6.45) is 3.03. The Morgan fingerprint density at radius 2 is 2.21 bits per heavy atom. The Morgan fingerprint density at radius 1 is 1.29 bits per heavy atom. The van der Waals surface area contributed by atoms with Crippen molar-refractivity contribution in [3.63, 3.8) is 0 Å². The molecule has 4 heteroatoms. The smallest absolute Gasteiger partial charge is 0.226 e. The topological polar surface area (TPSA) is 64.9 Å². The van der Waals surface area contributed by atoms with Crippen molar-refractivity contribution in [1.82, 2.24) is 10.1 Å². The van der Waals surface area contributed by atoms with E-state index >= 15 is 0 Å². The Morgan fingerprint density at radius 3 is 2.93 bits per heavy atom. The van der Waals surface area contributed by atoms with Crippen molar-refractivity contribution in [3.8, 4) is 0 Å². The lowest BCUT2D eigenvalue weighted by Crippen LogP contribution is -1.93. The van der Waals surface area contributed by atoms with Gasteiger partial charge >= 0.3 is 0 Å². The number of rotatable bonds is 3. The lowest BCUT2D eigenvalue weighted by molar-refractivity contribution is 0.377. The van der Waals surface area contributed by atoms with Crippen LogP contribution in [0.15, 0.2) is 35.1 Å². The first-order valence-electron chi connectivity index (χ1n) is 4.44. The van der Waals surface area contributed by atoms with Crippen LogP contribution >= 0.6 is 0 Å². The molecular formula is C10H11N3O. The minimum absolute atomic E-state index is 0.660. The highest BCUT2D eigenvalue weighted by Crippen LogP contribution is 2.09. The molecule has 0 saturated heterocycles. The molecule has 0 bridgehead atoms. The van der Waals surface area contributed by atoms with E-state index in [4.69, 9.17) is 10.3 Å². The normalized spacial score (nSPS) is 10.3. The van der Waals surface area contributed by atoms with E-state index in [1.165, 1.54) is 11.9 Å². The summed E-state index contributed by atoms with van der Waals surface area (Å²) in [4.78, 5) is 3.94. The number of hydrogen-bond donors (Lipinski definition) is 1. The molecule has 0 aliphatic heterocycles. The molecule has 72 valence electrons. The lowest BCUT2D eigenvalue weighted by Gasteiger charge is -1.99. The monoisotopic (exact) mass is 189 g/mol. The Kier molecular flexibility index (Phi) is 2.44. The fourth-order valence-corrected chi connectivity index (χ4v) is 1.31. The Balaban J connectivity index is 1.98. The Bertz CT molecular complexity index is 398.